The number of rotatable bonds is 6. The van der Waals surface area contributed by atoms with Gasteiger partial charge in [-0.3, -0.25) is 0 Å². The van der Waals surface area contributed by atoms with Crippen molar-refractivity contribution in [1.29, 1.82) is 5.26 Å². The molecule has 3 aromatic rings. The molecule has 28 heavy (non-hydrogen) atoms. The number of nitrogens with one attached hydrogen (secondary N) is 1. The topological polar surface area (TPSA) is 70.9 Å². The third-order valence-electron chi connectivity index (χ3n) is 4.14. The molecule has 0 atom stereocenters. The van der Waals surface area contributed by atoms with E-state index < -0.39 is 0 Å². The predicted octanol–water partition coefficient (Wildman–Crippen LogP) is 5.74. The molecule has 0 aliphatic rings. The zero-order valence-electron chi connectivity index (χ0n) is 16.3. The van der Waals surface area contributed by atoms with Gasteiger partial charge in [0.1, 0.15) is 11.9 Å². The lowest BCUT2D eigenvalue weighted by atomic mass is 10.1. The Balaban J connectivity index is 1.99. The van der Waals surface area contributed by atoms with Crippen LogP contribution in [0.2, 0.25) is 0 Å². The highest BCUT2D eigenvalue weighted by Gasteiger charge is 2.14. The Morgan fingerprint density at radius 1 is 1.32 bits per heavy atom. The standard InChI is InChI=1S/C22H22BrN3O2/c1-13(2)12-28-21-17(23)9-15(10-20(21)27-4)8-16(11-24)22-25-18-6-5-14(3)7-19(18)26-22/h5-10,13H,12H2,1-4H3,(H,25,26)/b16-8-. The molecule has 0 spiro atoms. The Morgan fingerprint density at radius 3 is 2.79 bits per heavy atom. The lowest BCUT2D eigenvalue weighted by Gasteiger charge is -2.15. The molecule has 2 aromatic carbocycles. The summed E-state index contributed by atoms with van der Waals surface area (Å²) in [4.78, 5) is 7.76. The monoisotopic (exact) mass is 439 g/mol. The normalized spacial score (nSPS) is 11.7. The van der Waals surface area contributed by atoms with Gasteiger partial charge in [0.2, 0.25) is 0 Å². The van der Waals surface area contributed by atoms with Crippen LogP contribution in [0.4, 0.5) is 0 Å². The number of fused-ring (bicyclic) bond motifs is 1. The maximum absolute atomic E-state index is 9.67. The van der Waals surface area contributed by atoms with Gasteiger partial charge >= 0.3 is 0 Å². The number of nitriles is 1. The molecular weight excluding hydrogens is 418 g/mol. The van der Waals surface area contributed by atoms with Gasteiger partial charge < -0.3 is 14.5 Å². The van der Waals surface area contributed by atoms with Crippen LogP contribution in [-0.2, 0) is 0 Å². The van der Waals surface area contributed by atoms with E-state index in [4.69, 9.17) is 9.47 Å². The third-order valence-corrected chi connectivity index (χ3v) is 4.73. The van der Waals surface area contributed by atoms with E-state index in [1.807, 2.05) is 37.3 Å². The summed E-state index contributed by atoms with van der Waals surface area (Å²) >= 11 is 3.55. The summed E-state index contributed by atoms with van der Waals surface area (Å²) in [5.74, 6) is 2.21. The van der Waals surface area contributed by atoms with Gasteiger partial charge in [0, 0.05) is 0 Å². The summed E-state index contributed by atoms with van der Waals surface area (Å²) in [6.45, 7) is 6.79. The lowest BCUT2D eigenvalue weighted by Crippen LogP contribution is -2.06. The van der Waals surface area contributed by atoms with Crippen LogP contribution in [0.1, 0.15) is 30.8 Å². The number of ether oxygens (including phenoxy) is 2. The maximum Gasteiger partial charge on any atom is 0.175 e. The number of aryl methyl sites for hydroxylation is 1. The van der Waals surface area contributed by atoms with Crippen molar-refractivity contribution in [2.45, 2.75) is 20.8 Å². The number of benzene rings is 2. The highest BCUT2D eigenvalue weighted by Crippen LogP contribution is 2.38. The van der Waals surface area contributed by atoms with Crippen LogP contribution in [-0.4, -0.2) is 23.7 Å². The SMILES string of the molecule is COc1cc(/C=C(/C#N)c2nc3ccc(C)cc3[nH]2)cc(Br)c1OCC(C)C. The van der Waals surface area contributed by atoms with Crippen molar-refractivity contribution in [2.24, 2.45) is 5.92 Å². The summed E-state index contributed by atoms with van der Waals surface area (Å²) in [6.07, 6.45) is 1.78. The highest BCUT2D eigenvalue weighted by atomic mass is 79.9. The van der Waals surface area contributed by atoms with Gasteiger partial charge in [0.05, 0.1) is 34.8 Å². The van der Waals surface area contributed by atoms with E-state index in [2.05, 4.69) is 45.8 Å². The average molecular weight is 440 g/mol. The average Bonchev–Trinajstić information content (AvgIpc) is 3.07. The van der Waals surface area contributed by atoms with Crippen molar-refractivity contribution >= 4 is 38.6 Å². The van der Waals surface area contributed by atoms with Crippen molar-refractivity contribution in [1.82, 2.24) is 9.97 Å². The van der Waals surface area contributed by atoms with Gasteiger partial charge in [-0.05, 0) is 70.2 Å². The quantitative estimate of drug-likeness (QED) is 0.496. The smallest absolute Gasteiger partial charge is 0.175 e. The number of H-pyrrole nitrogens is 1. The Morgan fingerprint density at radius 2 is 2.11 bits per heavy atom. The van der Waals surface area contributed by atoms with Crippen molar-refractivity contribution in [3.63, 3.8) is 0 Å². The van der Waals surface area contributed by atoms with Crippen LogP contribution in [0.5, 0.6) is 11.5 Å². The Hall–Kier alpha value is -2.78. The predicted molar refractivity (Wildman–Crippen MR) is 115 cm³/mol. The first-order valence-electron chi connectivity index (χ1n) is 9.00. The van der Waals surface area contributed by atoms with E-state index >= 15 is 0 Å². The summed E-state index contributed by atoms with van der Waals surface area (Å²) < 4.78 is 12.1. The number of hydrogen-bond acceptors (Lipinski definition) is 4. The first kappa shape index (κ1) is 20.0. The molecule has 0 aliphatic carbocycles. The second kappa shape index (κ2) is 8.49. The number of aromatic nitrogens is 2. The van der Waals surface area contributed by atoms with Crippen molar-refractivity contribution < 1.29 is 9.47 Å². The second-order valence-electron chi connectivity index (χ2n) is 7.01. The zero-order chi connectivity index (χ0) is 20.3. The van der Waals surface area contributed by atoms with E-state index in [1.54, 1.807) is 13.2 Å². The van der Waals surface area contributed by atoms with E-state index in [0.717, 1.165) is 26.6 Å². The molecule has 144 valence electrons. The van der Waals surface area contributed by atoms with Gasteiger partial charge in [-0.2, -0.15) is 5.26 Å². The first-order valence-corrected chi connectivity index (χ1v) is 9.79. The molecule has 0 unspecified atom stereocenters. The number of halogens is 1. The van der Waals surface area contributed by atoms with Crippen LogP contribution in [0.15, 0.2) is 34.8 Å². The summed E-state index contributed by atoms with van der Waals surface area (Å²) in [7, 11) is 1.60. The molecule has 0 saturated heterocycles. The Labute approximate surface area is 173 Å². The molecule has 0 saturated carbocycles. The van der Waals surface area contributed by atoms with E-state index in [1.165, 1.54) is 0 Å². The van der Waals surface area contributed by atoms with Crippen LogP contribution in [0, 0.1) is 24.2 Å². The van der Waals surface area contributed by atoms with Crippen molar-refractivity contribution in [3.05, 3.63) is 51.8 Å². The summed E-state index contributed by atoms with van der Waals surface area (Å²) in [6, 6.07) is 12.0. The molecular formula is C22H22BrN3O2. The fraction of sp³-hybridized carbons (Fsp3) is 0.273. The van der Waals surface area contributed by atoms with Crippen molar-refractivity contribution in [3.8, 4) is 17.6 Å². The fourth-order valence-corrected chi connectivity index (χ4v) is 3.36. The third kappa shape index (κ3) is 4.37. The molecule has 0 fully saturated rings. The number of nitrogens with zero attached hydrogens (tertiary/aromatic N) is 2. The Bertz CT molecular complexity index is 1080. The van der Waals surface area contributed by atoms with Gasteiger partial charge in [0.25, 0.3) is 0 Å². The lowest BCUT2D eigenvalue weighted by molar-refractivity contribution is 0.255. The minimum Gasteiger partial charge on any atom is -0.493 e. The van der Waals surface area contributed by atoms with Crippen LogP contribution < -0.4 is 9.47 Å². The summed E-state index contributed by atoms with van der Waals surface area (Å²) in [5.41, 5.74) is 4.13. The fourth-order valence-electron chi connectivity index (χ4n) is 2.78. The van der Waals surface area contributed by atoms with Crippen LogP contribution in [0.3, 0.4) is 0 Å². The zero-order valence-corrected chi connectivity index (χ0v) is 17.9. The van der Waals surface area contributed by atoms with Gasteiger partial charge in [-0.25, -0.2) is 4.98 Å². The molecule has 1 aromatic heterocycles. The number of aromatic amines is 1. The van der Waals surface area contributed by atoms with E-state index in [0.29, 0.717) is 35.4 Å². The number of allylic oxidation sites excluding steroid dienone is 1. The number of hydrogen-bond donors (Lipinski definition) is 1. The maximum atomic E-state index is 9.67. The molecule has 0 amide bonds. The summed E-state index contributed by atoms with van der Waals surface area (Å²) in [5, 5.41) is 9.67. The highest BCUT2D eigenvalue weighted by molar-refractivity contribution is 9.10. The molecule has 0 radical (unpaired) electrons. The van der Waals surface area contributed by atoms with E-state index in [9.17, 15) is 5.26 Å². The second-order valence-corrected chi connectivity index (χ2v) is 7.87. The Kier molecular flexibility index (Phi) is 6.05. The molecule has 1 N–H and O–H groups in total. The largest absolute Gasteiger partial charge is 0.493 e. The molecule has 1 heterocycles. The van der Waals surface area contributed by atoms with Gasteiger partial charge in [-0.15, -0.1) is 0 Å². The minimum absolute atomic E-state index is 0.401. The molecule has 0 aliphatic heterocycles. The minimum atomic E-state index is 0.401. The molecule has 3 rings (SSSR count). The molecule has 6 heteroatoms. The van der Waals surface area contributed by atoms with Crippen molar-refractivity contribution in [2.75, 3.05) is 13.7 Å². The number of imidazole rings is 1. The van der Waals surface area contributed by atoms with Crippen LogP contribution in [0.25, 0.3) is 22.7 Å². The van der Waals surface area contributed by atoms with Crippen LogP contribution >= 0.6 is 15.9 Å². The first-order chi connectivity index (χ1) is 13.4. The molecule has 0 bridgehead atoms. The number of methoxy groups -OCH3 is 1. The van der Waals surface area contributed by atoms with Gasteiger partial charge in [0.15, 0.2) is 11.5 Å². The molecule has 5 nitrogen and oxygen atoms in total. The van der Waals surface area contributed by atoms with E-state index in [-0.39, 0.29) is 0 Å². The van der Waals surface area contributed by atoms with Gasteiger partial charge in [-0.1, -0.05) is 19.9 Å².